The summed E-state index contributed by atoms with van der Waals surface area (Å²) in [5.74, 6) is 0.743. The number of carbonyl (C=O) groups excluding carboxylic acids is 1. The van der Waals surface area contributed by atoms with Crippen LogP contribution in [0.5, 0.6) is 0 Å². The summed E-state index contributed by atoms with van der Waals surface area (Å²) in [6, 6.07) is 3.25. The molecule has 1 atom stereocenters. The van der Waals surface area contributed by atoms with Crippen molar-refractivity contribution in [1.82, 2.24) is 14.8 Å². The highest BCUT2D eigenvalue weighted by molar-refractivity contribution is 7.91. The molecule has 27 heavy (non-hydrogen) atoms. The second-order valence-corrected chi connectivity index (χ2v) is 9.95. The van der Waals surface area contributed by atoms with Gasteiger partial charge in [0.2, 0.25) is 15.9 Å². The molecular weight excluding hydrogens is 386 g/mol. The van der Waals surface area contributed by atoms with Crippen molar-refractivity contribution in [2.45, 2.75) is 63.3 Å². The summed E-state index contributed by atoms with van der Waals surface area (Å²) >= 11 is 1.30. The molecule has 1 N–H and O–H groups in total. The average Bonchev–Trinajstić information content (AvgIpc) is 3.19. The molecule has 0 radical (unpaired) electrons. The Morgan fingerprint density at radius 2 is 2.11 bits per heavy atom. The lowest BCUT2D eigenvalue weighted by Gasteiger charge is -2.21. The molecule has 1 saturated heterocycles. The summed E-state index contributed by atoms with van der Waals surface area (Å²) in [5.41, 5.74) is 1.71. The standard InChI is InChI=1S/C18H25N3O4S2/c1-4-15-6-8-18(26-15)27(23,24)20-14-5-7-17(22)21(10-9-14)11-16-12(2)19-25-13(16)3/h6,8,14,20H,4-5,7,9-11H2,1-3H3. The molecule has 1 amide bonds. The lowest BCUT2D eigenvalue weighted by molar-refractivity contribution is -0.131. The molecule has 2 aromatic heterocycles. The van der Waals surface area contributed by atoms with Gasteiger partial charge in [-0.1, -0.05) is 12.1 Å². The number of aryl methyl sites for hydroxylation is 3. The second kappa shape index (κ2) is 8.12. The van der Waals surface area contributed by atoms with Gasteiger partial charge in [-0.3, -0.25) is 4.79 Å². The van der Waals surface area contributed by atoms with Gasteiger partial charge in [-0.25, -0.2) is 13.1 Å². The largest absolute Gasteiger partial charge is 0.361 e. The molecular formula is C18H25N3O4S2. The van der Waals surface area contributed by atoms with Gasteiger partial charge in [-0.15, -0.1) is 11.3 Å². The Morgan fingerprint density at radius 3 is 2.74 bits per heavy atom. The van der Waals surface area contributed by atoms with E-state index in [-0.39, 0.29) is 11.9 Å². The first kappa shape index (κ1) is 20.0. The zero-order chi connectivity index (χ0) is 19.6. The van der Waals surface area contributed by atoms with Gasteiger partial charge in [0.1, 0.15) is 9.97 Å². The van der Waals surface area contributed by atoms with E-state index in [4.69, 9.17) is 4.52 Å². The van der Waals surface area contributed by atoms with Crippen LogP contribution in [0.2, 0.25) is 0 Å². The first-order chi connectivity index (χ1) is 12.8. The van der Waals surface area contributed by atoms with Gasteiger partial charge in [-0.2, -0.15) is 0 Å². The first-order valence-electron chi connectivity index (χ1n) is 9.10. The lowest BCUT2D eigenvalue weighted by atomic mass is 10.1. The summed E-state index contributed by atoms with van der Waals surface area (Å²) in [4.78, 5) is 15.3. The van der Waals surface area contributed by atoms with E-state index in [0.717, 1.165) is 22.6 Å². The summed E-state index contributed by atoms with van der Waals surface area (Å²) in [6.45, 7) is 6.64. The van der Waals surface area contributed by atoms with Gasteiger partial charge >= 0.3 is 0 Å². The van der Waals surface area contributed by atoms with E-state index in [2.05, 4.69) is 9.88 Å². The maximum Gasteiger partial charge on any atom is 0.250 e. The van der Waals surface area contributed by atoms with Crippen molar-refractivity contribution in [3.63, 3.8) is 0 Å². The highest BCUT2D eigenvalue weighted by atomic mass is 32.2. The third kappa shape index (κ3) is 4.59. The Hall–Kier alpha value is -1.71. The predicted octanol–water partition coefficient (Wildman–Crippen LogP) is 2.77. The van der Waals surface area contributed by atoms with Gasteiger partial charge in [0.25, 0.3) is 0 Å². The number of sulfonamides is 1. The molecule has 0 bridgehead atoms. The van der Waals surface area contributed by atoms with Crippen LogP contribution in [-0.2, 0) is 27.8 Å². The van der Waals surface area contributed by atoms with Crippen molar-refractivity contribution in [2.24, 2.45) is 0 Å². The van der Waals surface area contributed by atoms with Gasteiger partial charge < -0.3 is 9.42 Å². The minimum absolute atomic E-state index is 0.0288. The number of hydrogen-bond donors (Lipinski definition) is 1. The molecule has 1 aliphatic rings. The van der Waals surface area contributed by atoms with E-state index in [0.29, 0.717) is 42.3 Å². The molecule has 1 fully saturated rings. The number of likely N-dealkylation sites (tertiary alicyclic amines) is 1. The Morgan fingerprint density at radius 1 is 1.33 bits per heavy atom. The fourth-order valence-electron chi connectivity index (χ4n) is 3.21. The van der Waals surface area contributed by atoms with Gasteiger partial charge in [0.05, 0.1) is 12.2 Å². The molecule has 9 heteroatoms. The molecule has 148 valence electrons. The topological polar surface area (TPSA) is 92.5 Å². The van der Waals surface area contributed by atoms with Gasteiger partial charge in [0.15, 0.2) is 0 Å². The fourth-order valence-corrected chi connectivity index (χ4v) is 5.83. The quantitative estimate of drug-likeness (QED) is 0.789. The Labute approximate surface area is 163 Å². The number of aromatic nitrogens is 1. The molecule has 0 aliphatic carbocycles. The SMILES string of the molecule is CCc1ccc(S(=O)(=O)NC2CCC(=O)N(Cc3c(C)noc3C)CC2)s1. The number of rotatable bonds is 6. The van der Waals surface area contributed by atoms with Crippen LogP contribution in [0.4, 0.5) is 0 Å². The van der Waals surface area contributed by atoms with Crippen molar-refractivity contribution >= 4 is 27.3 Å². The molecule has 2 aromatic rings. The lowest BCUT2D eigenvalue weighted by Crippen LogP contribution is -2.35. The summed E-state index contributed by atoms with van der Waals surface area (Å²) in [7, 11) is -3.55. The van der Waals surface area contributed by atoms with Crippen LogP contribution in [-0.4, -0.2) is 37.0 Å². The molecule has 0 saturated carbocycles. The first-order valence-corrected chi connectivity index (χ1v) is 11.4. The van der Waals surface area contributed by atoms with Crippen molar-refractivity contribution in [1.29, 1.82) is 0 Å². The highest BCUT2D eigenvalue weighted by Crippen LogP contribution is 2.24. The van der Waals surface area contributed by atoms with Crippen LogP contribution in [0.25, 0.3) is 0 Å². The molecule has 1 aliphatic heterocycles. The van der Waals surface area contributed by atoms with E-state index in [1.54, 1.807) is 11.0 Å². The van der Waals surface area contributed by atoms with E-state index in [1.807, 2.05) is 26.8 Å². The zero-order valence-electron chi connectivity index (χ0n) is 15.8. The highest BCUT2D eigenvalue weighted by Gasteiger charge is 2.28. The minimum Gasteiger partial charge on any atom is -0.361 e. The Bertz CT molecular complexity index is 897. The van der Waals surface area contributed by atoms with Crippen LogP contribution in [0.15, 0.2) is 20.9 Å². The van der Waals surface area contributed by atoms with E-state index >= 15 is 0 Å². The van der Waals surface area contributed by atoms with Crippen molar-refractivity contribution < 1.29 is 17.7 Å². The maximum atomic E-state index is 12.6. The molecule has 0 spiro atoms. The van der Waals surface area contributed by atoms with Gasteiger partial charge in [-0.05, 0) is 45.2 Å². The minimum atomic E-state index is -3.55. The van der Waals surface area contributed by atoms with Crippen molar-refractivity contribution in [3.8, 4) is 0 Å². The smallest absolute Gasteiger partial charge is 0.250 e. The molecule has 1 unspecified atom stereocenters. The number of nitrogens with zero attached hydrogens (tertiary/aromatic N) is 2. The van der Waals surface area contributed by atoms with Crippen molar-refractivity contribution in [3.05, 3.63) is 34.0 Å². The van der Waals surface area contributed by atoms with Crippen LogP contribution >= 0.6 is 11.3 Å². The molecule has 3 heterocycles. The molecule has 3 rings (SSSR count). The van der Waals surface area contributed by atoms with Crippen LogP contribution in [0.1, 0.15) is 48.1 Å². The number of amides is 1. The second-order valence-electron chi connectivity index (χ2n) is 6.84. The van der Waals surface area contributed by atoms with E-state index < -0.39 is 10.0 Å². The fraction of sp³-hybridized carbons (Fsp3) is 0.556. The summed E-state index contributed by atoms with van der Waals surface area (Å²) < 4.78 is 33.6. The Kier molecular flexibility index (Phi) is 6.02. The van der Waals surface area contributed by atoms with Crippen LogP contribution < -0.4 is 4.72 Å². The third-order valence-electron chi connectivity index (χ3n) is 4.91. The maximum absolute atomic E-state index is 12.6. The normalized spacial score (nSPS) is 18.7. The summed E-state index contributed by atoms with van der Waals surface area (Å²) in [5, 5.41) is 3.93. The number of hydrogen-bond acceptors (Lipinski definition) is 6. The van der Waals surface area contributed by atoms with Crippen LogP contribution in [0.3, 0.4) is 0 Å². The van der Waals surface area contributed by atoms with E-state index in [9.17, 15) is 13.2 Å². The van der Waals surface area contributed by atoms with Crippen molar-refractivity contribution in [2.75, 3.05) is 6.54 Å². The summed E-state index contributed by atoms with van der Waals surface area (Å²) in [6.07, 6.45) is 2.22. The molecule has 0 aromatic carbocycles. The number of carbonyl (C=O) groups is 1. The molecule has 7 nitrogen and oxygen atoms in total. The van der Waals surface area contributed by atoms with Gasteiger partial charge in [0, 0.05) is 29.4 Å². The number of nitrogens with one attached hydrogen (secondary N) is 1. The zero-order valence-corrected chi connectivity index (χ0v) is 17.5. The third-order valence-corrected chi connectivity index (χ3v) is 8.15. The Balaban J connectivity index is 1.66. The monoisotopic (exact) mass is 411 g/mol. The van der Waals surface area contributed by atoms with Crippen LogP contribution in [0, 0.1) is 13.8 Å². The average molecular weight is 412 g/mol. The van der Waals surface area contributed by atoms with E-state index in [1.165, 1.54) is 11.3 Å². The predicted molar refractivity (Wildman–Crippen MR) is 103 cm³/mol. The number of thiophene rings is 1.